The maximum Gasteiger partial charge on any atom is 0.143 e. The Kier molecular flexibility index (Phi) is 2.67. The van der Waals surface area contributed by atoms with Crippen LogP contribution in [0.3, 0.4) is 0 Å². The van der Waals surface area contributed by atoms with E-state index in [1.165, 1.54) is 0 Å². The molecule has 6 nitrogen and oxygen atoms in total. The molecule has 1 aliphatic rings. The molecular weight excluding hydrogens is 256 g/mol. The van der Waals surface area contributed by atoms with E-state index in [0.717, 1.165) is 54.3 Å². The van der Waals surface area contributed by atoms with E-state index in [2.05, 4.69) is 19.9 Å². The molecule has 0 aliphatic carbocycles. The van der Waals surface area contributed by atoms with Crippen LogP contribution in [0.25, 0.3) is 22.2 Å². The van der Waals surface area contributed by atoms with Crippen molar-refractivity contribution >= 4 is 16.9 Å². The third kappa shape index (κ3) is 1.77. The van der Waals surface area contributed by atoms with Crippen LogP contribution in [-0.2, 0) is 4.74 Å². The molecule has 1 aliphatic heterocycles. The monoisotopic (exact) mass is 270 g/mol. The van der Waals surface area contributed by atoms with Crippen molar-refractivity contribution in [3.8, 4) is 11.1 Å². The minimum atomic E-state index is 0.733. The van der Waals surface area contributed by atoms with Gasteiger partial charge in [-0.25, -0.2) is 9.97 Å². The number of anilines is 1. The summed E-state index contributed by atoms with van der Waals surface area (Å²) in [5.74, 6) is 0.954. The number of ether oxygens (including phenoxy) is 1. The molecule has 1 saturated heterocycles. The van der Waals surface area contributed by atoms with Crippen LogP contribution >= 0.6 is 0 Å². The first-order chi connectivity index (χ1) is 9.93. The van der Waals surface area contributed by atoms with Crippen molar-refractivity contribution in [3.05, 3.63) is 31.1 Å². The van der Waals surface area contributed by atoms with E-state index in [4.69, 9.17) is 9.15 Å². The van der Waals surface area contributed by atoms with Gasteiger partial charge < -0.3 is 19.0 Å². The third-order valence-electron chi connectivity index (χ3n) is 3.59. The fraction of sp³-hybridized carbons (Fsp3) is 0.286. The maximum absolute atomic E-state index is 5.41. The lowest BCUT2D eigenvalue weighted by atomic mass is 10.1. The molecule has 3 aromatic heterocycles. The van der Waals surface area contributed by atoms with E-state index in [0.29, 0.717) is 0 Å². The largest absolute Gasteiger partial charge is 0.472 e. The first kappa shape index (κ1) is 11.5. The molecule has 0 radical (unpaired) electrons. The van der Waals surface area contributed by atoms with E-state index in [1.807, 2.05) is 12.3 Å². The molecule has 0 bridgehead atoms. The molecule has 3 aromatic rings. The molecule has 20 heavy (non-hydrogen) atoms. The molecule has 0 saturated carbocycles. The molecule has 102 valence electrons. The van der Waals surface area contributed by atoms with Crippen LogP contribution in [0, 0.1) is 0 Å². The number of nitrogens with one attached hydrogen (secondary N) is 1. The second-order valence-corrected chi connectivity index (χ2v) is 4.73. The number of fused-ring (bicyclic) bond motifs is 1. The normalized spacial score (nSPS) is 15.9. The SMILES string of the molecule is c1nc(N2CCOCC2)c2c(-c3ccoc3)c[nH]c2n1. The van der Waals surface area contributed by atoms with Crippen molar-refractivity contribution in [2.45, 2.75) is 0 Å². The first-order valence-electron chi connectivity index (χ1n) is 6.61. The van der Waals surface area contributed by atoms with Crippen molar-refractivity contribution < 1.29 is 9.15 Å². The van der Waals surface area contributed by atoms with Gasteiger partial charge in [-0.15, -0.1) is 0 Å². The minimum Gasteiger partial charge on any atom is -0.472 e. The van der Waals surface area contributed by atoms with E-state index < -0.39 is 0 Å². The Morgan fingerprint density at radius 2 is 2.10 bits per heavy atom. The standard InChI is InChI=1S/C14H14N4O2/c1-4-20-8-10(1)11-7-15-13-12(11)14(17-9-16-13)18-2-5-19-6-3-18/h1,4,7-9H,2-3,5-6H2,(H,15,16,17). The molecule has 0 spiro atoms. The Bertz CT molecular complexity index is 714. The topological polar surface area (TPSA) is 67.2 Å². The van der Waals surface area contributed by atoms with Crippen molar-refractivity contribution in [3.63, 3.8) is 0 Å². The number of hydrogen-bond donors (Lipinski definition) is 1. The van der Waals surface area contributed by atoms with Crippen molar-refractivity contribution in [2.75, 3.05) is 31.2 Å². The predicted octanol–water partition coefficient (Wildman–Crippen LogP) is 2.05. The molecule has 4 heterocycles. The van der Waals surface area contributed by atoms with Gasteiger partial charge in [-0.05, 0) is 6.07 Å². The molecule has 4 rings (SSSR count). The summed E-state index contributed by atoms with van der Waals surface area (Å²) in [5, 5.41) is 1.04. The minimum absolute atomic E-state index is 0.733. The van der Waals surface area contributed by atoms with Gasteiger partial charge in [-0.1, -0.05) is 0 Å². The van der Waals surface area contributed by atoms with Crippen LogP contribution in [0.5, 0.6) is 0 Å². The highest BCUT2D eigenvalue weighted by Crippen LogP contribution is 2.33. The summed E-state index contributed by atoms with van der Waals surface area (Å²) in [4.78, 5) is 14.2. The van der Waals surface area contributed by atoms with Crippen LogP contribution in [0.4, 0.5) is 5.82 Å². The fourth-order valence-corrected chi connectivity index (χ4v) is 2.61. The van der Waals surface area contributed by atoms with Gasteiger partial charge in [0.25, 0.3) is 0 Å². The smallest absolute Gasteiger partial charge is 0.143 e. The van der Waals surface area contributed by atoms with Crippen LogP contribution in [0.1, 0.15) is 0 Å². The average molecular weight is 270 g/mol. The third-order valence-corrected chi connectivity index (χ3v) is 3.59. The number of nitrogens with zero attached hydrogens (tertiary/aromatic N) is 3. The number of rotatable bonds is 2. The second kappa shape index (κ2) is 4.64. The summed E-state index contributed by atoms with van der Waals surface area (Å²) in [6.07, 6.45) is 6.96. The van der Waals surface area contributed by atoms with Gasteiger partial charge >= 0.3 is 0 Å². The van der Waals surface area contributed by atoms with Gasteiger partial charge in [0, 0.05) is 30.4 Å². The summed E-state index contributed by atoms with van der Waals surface area (Å²) in [6.45, 7) is 3.16. The lowest BCUT2D eigenvalue weighted by Gasteiger charge is -2.28. The summed E-state index contributed by atoms with van der Waals surface area (Å²) in [6, 6.07) is 1.94. The van der Waals surface area contributed by atoms with Gasteiger partial charge in [-0.3, -0.25) is 0 Å². The number of morpholine rings is 1. The Hall–Kier alpha value is -2.34. The zero-order chi connectivity index (χ0) is 13.4. The number of aromatic nitrogens is 3. The van der Waals surface area contributed by atoms with Gasteiger partial charge in [0.15, 0.2) is 0 Å². The lowest BCUT2D eigenvalue weighted by molar-refractivity contribution is 0.122. The Labute approximate surface area is 115 Å². The quantitative estimate of drug-likeness (QED) is 0.772. The van der Waals surface area contributed by atoms with Crippen molar-refractivity contribution in [1.29, 1.82) is 0 Å². The summed E-state index contributed by atoms with van der Waals surface area (Å²) in [7, 11) is 0. The van der Waals surface area contributed by atoms with Crippen LogP contribution in [-0.4, -0.2) is 41.3 Å². The summed E-state index contributed by atoms with van der Waals surface area (Å²) >= 11 is 0. The summed E-state index contributed by atoms with van der Waals surface area (Å²) in [5.41, 5.74) is 2.94. The van der Waals surface area contributed by atoms with Crippen molar-refractivity contribution in [2.24, 2.45) is 0 Å². The zero-order valence-electron chi connectivity index (χ0n) is 10.9. The Morgan fingerprint density at radius 3 is 2.90 bits per heavy atom. The molecular formula is C14H14N4O2. The molecule has 0 aromatic carbocycles. The van der Waals surface area contributed by atoms with Crippen LogP contribution in [0.15, 0.2) is 35.5 Å². The Morgan fingerprint density at radius 1 is 1.20 bits per heavy atom. The molecule has 0 unspecified atom stereocenters. The number of H-pyrrole nitrogens is 1. The predicted molar refractivity (Wildman–Crippen MR) is 74.6 cm³/mol. The number of aromatic amines is 1. The van der Waals surface area contributed by atoms with Gasteiger partial charge in [0.05, 0.1) is 31.1 Å². The van der Waals surface area contributed by atoms with E-state index in [9.17, 15) is 0 Å². The molecule has 0 atom stereocenters. The van der Waals surface area contributed by atoms with Gasteiger partial charge in [0.2, 0.25) is 0 Å². The number of hydrogen-bond acceptors (Lipinski definition) is 5. The molecule has 0 amide bonds. The second-order valence-electron chi connectivity index (χ2n) is 4.73. The average Bonchev–Trinajstić information content (AvgIpc) is 3.16. The Balaban J connectivity index is 1.89. The molecule has 1 fully saturated rings. The van der Waals surface area contributed by atoms with Gasteiger partial charge in [-0.2, -0.15) is 0 Å². The van der Waals surface area contributed by atoms with Crippen molar-refractivity contribution in [1.82, 2.24) is 15.0 Å². The summed E-state index contributed by atoms with van der Waals surface area (Å²) < 4.78 is 10.6. The lowest BCUT2D eigenvalue weighted by Crippen LogP contribution is -2.36. The molecule has 1 N–H and O–H groups in total. The van der Waals surface area contributed by atoms with E-state index >= 15 is 0 Å². The van der Waals surface area contributed by atoms with Gasteiger partial charge in [0.1, 0.15) is 17.8 Å². The zero-order valence-corrected chi connectivity index (χ0v) is 10.9. The van der Waals surface area contributed by atoms with Crippen LogP contribution in [0.2, 0.25) is 0 Å². The first-order valence-corrected chi connectivity index (χ1v) is 6.61. The fourth-order valence-electron chi connectivity index (χ4n) is 2.61. The highest BCUT2D eigenvalue weighted by Gasteiger charge is 2.19. The van der Waals surface area contributed by atoms with Crippen LogP contribution < -0.4 is 4.90 Å². The highest BCUT2D eigenvalue weighted by atomic mass is 16.5. The maximum atomic E-state index is 5.41. The van der Waals surface area contributed by atoms with E-state index in [-0.39, 0.29) is 0 Å². The highest BCUT2D eigenvalue weighted by molar-refractivity contribution is 6.01. The molecule has 6 heteroatoms. The van der Waals surface area contributed by atoms with E-state index in [1.54, 1.807) is 18.9 Å². The number of furan rings is 1.